The van der Waals surface area contributed by atoms with E-state index in [-0.39, 0.29) is 5.56 Å². The third kappa shape index (κ3) is 3.91. The van der Waals surface area contributed by atoms with Crippen LogP contribution in [0, 0.1) is 0 Å². The van der Waals surface area contributed by atoms with Crippen molar-refractivity contribution in [3.8, 4) is 27.6 Å². The van der Waals surface area contributed by atoms with Gasteiger partial charge in [-0.2, -0.15) is 0 Å². The first-order chi connectivity index (χ1) is 17.7. The molecule has 0 aliphatic rings. The van der Waals surface area contributed by atoms with Gasteiger partial charge in [-0.3, -0.25) is 9.36 Å². The van der Waals surface area contributed by atoms with Crippen LogP contribution in [-0.2, 0) is 0 Å². The van der Waals surface area contributed by atoms with Gasteiger partial charge in [-0.25, -0.2) is 9.97 Å². The number of nitrogens with one attached hydrogen (secondary N) is 1. The first-order valence-electron chi connectivity index (χ1n) is 11.3. The summed E-state index contributed by atoms with van der Waals surface area (Å²) in [4.78, 5) is 24.4. The predicted octanol–water partition coefficient (Wildman–Crippen LogP) is 6.85. The quantitative estimate of drug-likeness (QED) is 0.277. The molecule has 0 bridgehead atoms. The molecule has 7 heteroatoms. The number of hydrogen-bond acceptors (Lipinski definition) is 6. The topological polar surface area (TPSA) is 73.0 Å². The smallest absolute Gasteiger partial charge is 0.266 e. The number of thiazole rings is 1. The highest BCUT2D eigenvalue weighted by Gasteiger charge is 2.22. The molecule has 0 aliphatic heterocycles. The summed E-state index contributed by atoms with van der Waals surface area (Å²) in [7, 11) is 0. The number of furan rings is 1. The minimum Gasteiger partial charge on any atom is -0.463 e. The van der Waals surface area contributed by atoms with Crippen molar-refractivity contribution >= 4 is 33.1 Å². The zero-order valence-electron chi connectivity index (χ0n) is 19.1. The van der Waals surface area contributed by atoms with Gasteiger partial charge in [0.15, 0.2) is 11.0 Å². The molecule has 0 amide bonds. The van der Waals surface area contributed by atoms with Crippen molar-refractivity contribution in [1.29, 1.82) is 0 Å². The maximum atomic E-state index is 13.8. The van der Waals surface area contributed by atoms with Gasteiger partial charge in [0.2, 0.25) is 0 Å². The SMILES string of the molecule is C=C(Nc1nc(-c2ccccc2)c(-c2nc3ccccc3c(=O)n2-c2ccccc2)s1)c1ccco1. The first-order valence-corrected chi connectivity index (χ1v) is 12.1. The van der Waals surface area contributed by atoms with Crippen LogP contribution in [0.4, 0.5) is 5.13 Å². The van der Waals surface area contributed by atoms with E-state index in [9.17, 15) is 4.79 Å². The lowest BCUT2D eigenvalue weighted by atomic mass is 10.1. The number of fused-ring (bicyclic) bond motifs is 1. The number of aromatic nitrogens is 3. The van der Waals surface area contributed by atoms with Crippen molar-refractivity contribution in [2.24, 2.45) is 0 Å². The first kappa shape index (κ1) is 21.8. The maximum absolute atomic E-state index is 13.8. The molecule has 0 saturated heterocycles. The third-order valence-corrected chi connectivity index (χ3v) is 6.71. The van der Waals surface area contributed by atoms with Gasteiger partial charge in [-0.1, -0.05) is 78.6 Å². The zero-order valence-corrected chi connectivity index (χ0v) is 19.9. The van der Waals surface area contributed by atoms with Gasteiger partial charge in [0.05, 0.1) is 34.2 Å². The molecule has 1 N–H and O–H groups in total. The standard InChI is InChI=1S/C29H20N4O2S/c1-19(24-17-10-18-35-24)30-29-32-25(20-11-4-2-5-12-20)26(36-29)27-31-23-16-9-8-15-22(23)28(34)33(27)21-13-6-3-7-14-21/h2-18H,1H2,(H,30,32). The Labute approximate surface area is 210 Å². The lowest BCUT2D eigenvalue weighted by molar-refractivity contribution is 0.553. The molecule has 0 radical (unpaired) electrons. The van der Waals surface area contributed by atoms with E-state index in [0.29, 0.717) is 33.3 Å². The van der Waals surface area contributed by atoms with Crippen LogP contribution in [0.3, 0.4) is 0 Å². The van der Waals surface area contributed by atoms with Crippen LogP contribution >= 0.6 is 11.3 Å². The van der Waals surface area contributed by atoms with E-state index in [1.165, 1.54) is 11.3 Å². The highest BCUT2D eigenvalue weighted by atomic mass is 32.1. The highest BCUT2D eigenvalue weighted by molar-refractivity contribution is 7.19. The molecule has 3 aromatic carbocycles. The monoisotopic (exact) mass is 488 g/mol. The fraction of sp³-hybridized carbons (Fsp3) is 0. The van der Waals surface area contributed by atoms with Crippen LogP contribution in [0.5, 0.6) is 0 Å². The normalized spacial score (nSPS) is 11.0. The van der Waals surface area contributed by atoms with Gasteiger partial charge < -0.3 is 9.73 Å². The van der Waals surface area contributed by atoms with E-state index in [2.05, 4.69) is 11.9 Å². The summed E-state index contributed by atoms with van der Waals surface area (Å²) in [5.41, 5.74) is 3.46. The summed E-state index contributed by atoms with van der Waals surface area (Å²) in [6.07, 6.45) is 1.60. The van der Waals surface area contributed by atoms with Crippen molar-refractivity contribution in [2.45, 2.75) is 0 Å². The summed E-state index contributed by atoms with van der Waals surface area (Å²) in [5, 5.41) is 4.43. The van der Waals surface area contributed by atoms with E-state index < -0.39 is 0 Å². The number of rotatable bonds is 6. The maximum Gasteiger partial charge on any atom is 0.266 e. The van der Waals surface area contributed by atoms with Gasteiger partial charge >= 0.3 is 0 Å². The number of benzene rings is 3. The van der Waals surface area contributed by atoms with E-state index >= 15 is 0 Å². The largest absolute Gasteiger partial charge is 0.463 e. The molecule has 6 nitrogen and oxygen atoms in total. The second-order valence-corrected chi connectivity index (χ2v) is 9.07. The molecule has 6 aromatic rings. The second kappa shape index (κ2) is 9.13. The van der Waals surface area contributed by atoms with E-state index in [4.69, 9.17) is 14.4 Å². The minimum absolute atomic E-state index is 0.135. The molecular weight excluding hydrogens is 468 g/mol. The lowest BCUT2D eigenvalue weighted by Gasteiger charge is -2.13. The molecular formula is C29H20N4O2S. The fourth-order valence-corrected chi connectivity index (χ4v) is 5.05. The van der Waals surface area contributed by atoms with Crippen LogP contribution in [-0.4, -0.2) is 14.5 Å². The Balaban J connectivity index is 1.61. The Morgan fingerprint density at radius 1 is 0.861 bits per heavy atom. The van der Waals surface area contributed by atoms with Gasteiger partial charge in [-0.15, -0.1) is 0 Å². The summed E-state index contributed by atoms with van der Waals surface area (Å²) in [6, 6.07) is 30.5. The van der Waals surface area contributed by atoms with Crippen molar-refractivity contribution in [2.75, 3.05) is 5.32 Å². The Bertz CT molecular complexity index is 1740. The van der Waals surface area contributed by atoms with E-state index in [1.807, 2.05) is 91.0 Å². The minimum atomic E-state index is -0.135. The number of hydrogen-bond donors (Lipinski definition) is 1. The number of anilines is 1. The summed E-state index contributed by atoms with van der Waals surface area (Å²) in [5.74, 6) is 1.15. The Morgan fingerprint density at radius 3 is 2.33 bits per heavy atom. The fourth-order valence-electron chi connectivity index (χ4n) is 4.06. The summed E-state index contributed by atoms with van der Waals surface area (Å²) < 4.78 is 7.13. The molecule has 174 valence electrons. The molecule has 0 atom stereocenters. The Morgan fingerprint density at radius 2 is 1.58 bits per heavy atom. The van der Waals surface area contributed by atoms with Crippen molar-refractivity contribution < 1.29 is 4.42 Å². The second-order valence-electron chi connectivity index (χ2n) is 8.07. The molecule has 36 heavy (non-hydrogen) atoms. The van der Waals surface area contributed by atoms with E-state index in [1.54, 1.807) is 16.9 Å². The Kier molecular flexibility index (Phi) is 5.52. The third-order valence-electron chi connectivity index (χ3n) is 5.74. The molecule has 0 aliphatic carbocycles. The highest BCUT2D eigenvalue weighted by Crippen LogP contribution is 2.39. The molecule has 0 unspecified atom stereocenters. The summed E-state index contributed by atoms with van der Waals surface area (Å²) in [6.45, 7) is 4.09. The van der Waals surface area contributed by atoms with E-state index in [0.717, 1.165) is 21.8 Å². The van der Waals surface area contributed by atoms with Gasteiger partial charge in [0.25, 0.3) is 5.56 Å². The number of nitrogens with zero attached hydrogens (tertiary/aromatic N) is 3. The molecule has 0 saturated carbocycles. The molecule has 0 fully saturated rings. The van der Waals surface area contributed by atoms with Crippen LogP contribution in [0.2, 0.25) is 0 Å². The van der Waals surface area contributed by atoms with Crippen molar-refractivity contribution in [3.05, 3.63) is 126 Å². The summed E-state index contributed by atoms with van der Waals surface area (Å²) >= 11 is 1.41. The molecule has 3 aromatic heterocycles. The number of para-hydroxylation sites is 2. The lowest BCUT2D eigenvalue weighted by Crippen LogP contribution is -2.21. The molecule has 6 rings (SSSR count). The van der Waals surface area contributed by atoms with Crippen molar-refractivity contribution in [1.82, 2.24) is 14.5 Å². The zero-order chi connectivity index (χ0) is 24.5. The van der Waals surface area contributed by atoms with Gasteiger partial charge in [0.1, 0.15) is 10.6 Å². The van der Waals surface area contributed by atoms with Crippen LogP contribution in [0.1, 0.15) is 5.76 Å². The average molecular weight is 489 g/mol. The van der Waals surface area contributed by atoms with Crippen LogP contribution in [0.15, 0.2) is 119 Å². The molecule has 3 heterocycles. The Hall–Kier alpha value is -4.75. The van der Waals surface area contributed by atoms with Gasteiger partial charge in [0, 0.05) is 5.56 Å². The van der Waals surface area contributed by atoms with Gasteiger partial charge in [-0.05, 0) is 36.4 Å². The van der Waals surface area contributed by atoms with Crippen molar-refractivity contribution in [3.63, 3.8) is 0 Å². The molecule has 0 spiro atoms. The predicted molar refractivity (Wildman–Crippen MR) is 145 cm³/mol. The average Bonchev–Trinajstić information content (AvgIpc) is 3.61. The van der Waals surface area contributed by atoms with Crippen LogP contribution < -0.4 is 10.9 Å². The van der Waals surface area contributed by atoms with Crippen LogP contribution in [0.25, 0.3) is 44.2 Å².